The van der Waals surface area contributed by atoms with E-state index in [1.807, 2.05) is 0 Å². The molecule has 2 aromatic rings. The third kappa shape index (κ3) is 3.11. The summed E-state index contributed by atoms with van der Waals surface area (Å²) in [6.45, 7) is 1.91. The Morgan fingerprint density at radius 3 is 2.68 bits per heavy atom. The molecule has 2 fully saturated rings. The lowest BCUT2D eigenvalue weighted by Crippen LogP contribution is -2.37. The van der Waals surface area contributed by atoms with Crippen molar-refractivity contribution in [2.24, 2.45) is 23.7 Å². The number of ether oxygens (including phenoxy) is 1. The van der Waals surface area contributed by atoms with Crippen LogP contribution in [-0.2, 0) is 14.3 Å². The van der Waals surface area contributed by atoms with E-state index in [1.54, 1.807) is 24.4 Å². The van der Waals surface area contributed by atoms with Crippen molar-refractivity contribution in [1.29, 1.82) is 0 Å². The standard InChI is InChI=1S/C20H21NO6S/c1-2-26-20(25)16-12(13-4-3-7-27-13)9-28-18(16)21-17(22)14-10-5-6-11(8-10)15(14)19(23)24/h3-4,7,9-11,14-15H,2,5-6,8H2,1H3,(H,21,22)(H,23,24)/t10-,11+,14-,15+/m1/s1. The molecule has 0 spiro atoms. The molecule has 2 heterocycles. The van der Waals surface area contributed by atoms with Gasteiger partial charge >= 0.3 is 11.9 Å². The number of anilines is 1. The van der Waals surface area contributed by atoms with E-state index < -0.39 is 23.8 Å². The zero-order valence-electron chi connectivity index (χ0n) is 15.3. The molecule has 4 rings (SSSR count). The van der Waals surface area contributed by atoms with Gasteiger partial charge in [0.15, 0.2) is 0 Å². The number of fused-ring (bicyclic) bond motifs is 2. The second kappa shape index (κ2) is 7.43. The summed E-state index contributed by atoms with van der Waals surface area (Å²) in [5, 5.41) is 14.5. The molecule has 2 aromatic heterocycles. The van der Waals surface area contributed by atoms with Crippen LogP contribution in [0.5, 0.6) is 0 Å². The first-order valence-electron chi connectivity index (χ1n) is 9.37. The SMILES string of the molecule is CCOC(=O)c1c(-c2ccco2)csc1NC(=O)[C@@H]1[C@@H]2CC[C@@H](C2)[C@@H]1C(=O)O. The molecule has 4 atom stereocenters. The zero-order chi connectivity index (χ0) is 19.8. The average Bonchev–Trinajstić information content (AvgIpc) is 3.43. The highest BCUT2D eigenvalue weighted by molar-refractivity contribution is 7.15. The summed E-state index contributed by atoms with van der Waals surface area (Å²) >= 11 is 1.21. The maximum absolute atomic E-state index is 13.0. The van der Waals surface area contributed by atoms with Crippen molar-refractivity contribution in [2.45, 2.75) is 26.2 Å². The van der Waals surface area contributed by atoms with E-state index >= 15 is 0 Å². The first kappa shape index (κ1) is 18.7. The Kier molecular flexibility index (Phi) is 4.97. The van der Waals surface area contributed by atoms with Crippen molar-refractivity contribution in [3.63, 3.8) is 0 Å². The summed E-state index contributed by atoms with van der Waals surface area (Å²) < 4.78 is 10.6. The number of esters is 1. The van der Waals surface area contributed by atoms with Crippen LogP contribution in [0, 0.1) is 23.7 Å². The van der Waals surface area contributed by atoms with Gasteiger partial charge in [0.05, 0.1) is 24.7 Å². The number of carbonyl (C=O) groups excluding carboxylic acids is 2. The van der Waals surface area contributed by atoms with Gasteiger partial charge in [0.1, 0.15) is 16.3 Å². The Hall–Kier alpha value is -2.61. The van der Waals surface area contributed by atoms with E-state index in [0.717, 1.165) is 19.3 Å². The van der Waals surface area contributed by atoms with Gasteiger partial charge in [-0.3, -0.25) is 9.59 Å². The number of amides is 1. The van der Waals surface area contributed by atoms with Crippen molar-refractivity contribution < 1.29 is 28.6 Å². The Morgan fingerprint density at radius 2 is 2.04 bits per heavy atom. The number of hydrogen-bond acceptors (Lipinski definition) is 6. The van der Waals surface area contributed by atoms with E-state index in [-0.39, 0.29) is 29.9 Å². The molecule has 7 nitrogen and oxygen atoms in total. The largest absolute Gasteiger partial charge is 0.481 e. The number of aliphatic carboxylic acids is 1. The van der Waals surface area contributed by atoms with E-state index in [0.29, 0.717) is 16.3 Å². The molecule has 2 aliphatic rings. The maximum atomic E-state index is 13.0. The Morgan fingerprint density at radius 1 is 1.29 bits per heavy atom. The van der Waals surface area contributed by atoms with Gasteiger partial charge in [-0.05, 0) is 50.2 Å². The summed E-state index contributed by atoms with van der Waals surface area (Å²) in [5.41, 5.74) is 0.789. The van der Waals surface area contributed by atoms with Crippen LogP contribution in [0.4, 0.5) is 5.00 Å². The third-order valence-electron chi connectivity index (χ3n) is 5.80. The van der Waals surface area contributed by atoms with E-state index in [2.05, 4.69) is 5.32 Å². The molecule has 148 valence electrons. The van der Waals surface area contributed by atoms with Crippen molar-refractivity contribution in [2.75, 3.05) is 11.9 Å². The van der Waals surface area contributed by atoms with Gasteiger partial charge in [0, 0.05) is 10.9 Å². The van der Waals surface area contributed by atoms with Gasteiger partial charge in [0.25, 0.3) is 0 Å². The molecule has 8 heteroatoms. The van der Waals surface area contributed by atoms with Gasteiger partial charge in [-0.2, -0.15) is 0 Å². The summed E-state index contributed by atoms with van der Waals surface area (Å²) in [7, 11) is 0. The Bertz CT molecular complexity index is 902. The topological polar surface area (TPSA) is 106 Å². The lowest BCUT2D eigenvalue weighted by atomic mass is 9.79. The fraction of sp³-hybridized carbons (Fsp3) is 0.450. The molecular formula is C20H21NO6S. The molecule has 2 bridgehead atoms. The van der Waals surface area contributed by atoms with Crippen LogP contribution in [-0.4, -0.2) is 29.6 Å². The van der Waals surface area contributed by atoms with Crippen LogP contribution in [0.2, 0.25) is 0 Å². The van der Waals surface area contributed by atoms with Gasteiger partial charge < -0.3 is 19.6 Å². The number of thiophene rings is 1. The van der Waals surface area contributed by atoms with E-state index in [4.69, 9.17) is 9.15 Å². The van der Waals surface area contributed by atoms with Crippen molar-refractivity contribution >= 4 is 34.2 Å². The summed E-state index contributed by atoms with van der Waals surface area (Å²) in [5.74, 6) is -2.38. The van der Waals surface area contributed by atoms with Crippen molar-refractivity contribution in [3.8, 4) is 11.3 Å². The number of furan rings is 1. The fourth-order valence-electron chi connectivity index (χ4n) is 4.69. The lowest BCUT2D eigenvalue weighted by Gasteiger charge is -2.26. The minimum atomic E-state index is -0.916. The molecule has 0 unspecified atom stereocenters. The van der Waals surface area contributed by atoms with Gasteiger partial charge in [-0.1, -0.05) is 0 Å². The Balaban J connectivity index is 1.63. The minimum absolute atomic E-state index is 0.0600. The minimum Gasteiger partial charge on any atom is -0.481 e. The van der Waals surface area contributed by atoms with Crippen LogP contribution in [0.25, 0.3) is 11.3 Å². The highest BCUT2D eigenvalue weighted by Gasteiger charge is 2.54. The van der Waals surface area contributed by atoms with Crippen LogP contribution in [0.1, 0.15) is 36.5 Å². The van der Waals surface area contributed by atoms with Gasteiger partial charge in [-0.25, -0.2) is 4.79 Å². The Labute approximate surface area is 165 Å². The lowest BCUT2D eigenvalue weighted by molar-refractivity contribution is -0.148. The first-order valence-corrected chi connectivity index (χ1v) is 10.2. The van der Waals surface area contributed by atoms with Gasteiger partial charge in [0.2, 0.25) is 5.91 Å². The van der Waals surface area contributed by atoms with Crippen LogP contribution in [0.15, 0.2) is 28.2 Å². The predicted octanol–water partition coefficient (Wildman–Crippen LogP) is 3.87. The van der Waals surface area contributed by atoms with E-state index in [1.165, 1.54) is 17.6 Å². The molecule has 2 N–H and O–H groups in total. The number of hydrogen-bond donors (Lipinski definition) is 2. The van der Waals surface area contributed by atoms with Crippen LogP contribution < -0.4 is 5.32 Å². The third-order valence-corrected chi connectivity index (χ3v) is 6.69. The molecule has 28 heavy (non-hydrogen) atoms. The van der Waals surface area contributed by atoms with Gasteiger partial charge in [-0.15, -0.1) is 11.3 Å². The van der Waals surface area contributed by atoms with Crippen LogP contribution >= 0.6 is 11.3 Å². The second-order valence-electron chi connectivity index (χ2n) is 7.26. The first-order chi connectivity index (χ1) is 13.5. The van der Waals surface area contributed by atoms with Crippen molar-refractivity contribution in [1.82, 2.24) is 0 Å². The molecule has 0 radical (unpaired) electrons. The molecular weight excluding hydrogens is 382 g/mol. The summed E-state index contributed by atoms with van der Waals surface area (Å²) in [6.07, 6.45) is 4.02. The van der Waals surface area contributed by atoms with E-state index in [9.17, 15) is 19.5 Å². The normalized spacial score (nSPS) is 25.6. The van der Waals surface area contributed by atoms with Crippen molar-refractivity contribution in [3.05, 3.63) is 29.3 Å². The monoisotopic (exact) mass is 403 g/mol. The highest BCUT2D eigenvalue weighted by Crippen LogP contribution is 2.53. The fourth-order valence-corrected chi connectivity index (χ4v) is 5.63. The highest BCUT2D eigenvalue weighted by atomic mass is 32.1. The summed E-state index contributed by atoms with van der Waals surface area (Å²) in [6, 6.07) is 3.44. The number of carbonyl (C=O) groups is 3. The number of carboxylic acids is 1. The smallest absolute Gasteiger partial charge is 0.341 e. The number of carboxylic acid groups (broad SMARTS) is 1. The second-order valence-corrected chi connectivity index (χ2v) is 8.14. The molecule has 2 saturated carbocycles. The average molecular weight is 403 g/mol. The molecule has 2 aliphatic carbocycles. The molecule has 1 amide bonds. The quantitative estimate of drug-likeness (QED) is 0.709. The summed E-state index contributed by atoms with van der Waals surface area (Å²) in [4.78, 5) is 37.3. The molecule has 0 aliphatic heterocycles. The number of nitrogens with one attached hydrogen (secondary N) is 1. The predicted molar refractivity (Wildman–Crippen MR) is 102 cm³/mol. The van der Waals surface area contributed by atoms with Crippen LogP contribution in [0.3, 0.4) is 0 Å². The number of rotatable bonds is 6. The maximum Gasteiger partial charge on any atom is 0.341 e. The zero-order valence-corrected chi connectivity index (χ0v) is 16.2. The molecule has 0 saturated heterocycles. The molecule has 0 aromatic carbocycles.